The Bertz CT molecular complexity index is 4150. The van der Waals surface area contributed by atoms with Crippen molar-refractivity contribution >= 4 is 70.8 Å². The Morgan fingerprint density at radius 1 is 0.318 bits per heavy atom. The predicted molar refractivity (Wildman–Crippen MR) is 272 cm³/mol. The Kier molecular flexibility index (Phi) is 7.91. The first-order chi connectivity index (χ1) is 32.7. The van der Waals surface area contributed by atoms with Gasteiger partial charge in [0.15, 0.2) is 17.5 Å². The van der Waals surface area contributed by atoms with Gasteiger partial charge in [0.1, 0.15) is 11.2 Å². The van der Waals surface area contributed by atoms with Gasteiger partial charge in [-0.1, -0.05) is 170 Å². The van der Waals surface area contributed by atoms with Gasteiger partial charge in [-0.05, 0) is 92.5 Å². The van der Waals surface area contributed by atoms with Crippen LogP contribution in [0.2, 0.25) is 0 Å². The molecule has 4 heterocycles. The summed E-state index contributed by atoms with van der Waals surface area (Å²) in [5.74, 6) is 1.83. The lowest BCUT2D eigenvalue weighted by molar-refractivity contribution is 0.670. The minimum atomic E-state index is 0.605. The largest absolute Gasteiger partial charge is 0.455 e. The molecule has 10 aromatic carbocycles. The van der Waals surface area contributed by atoms with Crippen molar-refractivity contribution in [3.63, 3.8) is 0 Å². The first-order valence-electron chi connectivity index (χ1n) is 22.3. The monoisotopic (exact) mass is 840 g/mol. The van der Waals surface area contributed by atoms with E-state index >= 15 is 0 Å². The number of furan rings is 1. The average Bonchev–Trinajstić information content (AvgIpc) is 3.91. The molecule has 0 aliphatic rings. The molecule has 0 N–H and O–H groups in total. The van der Waals surface area contributed by atoms with E-state index in [0.717, 1.165) is 82.8 Å². The van der Waals surface area contributed by atoms with E-state index in [-0.39, 0.29) is 0 Å². The quantitative estimate of drug-likeness (QED) is 0.167. The van der Waals surface area contributed by atoms with Crippen LogP contribution < -0.4 is 0 Å². The molecule has 0 fully saturated rings. The summed E-state index contributed by atoms with van der Waals surface area (Å²) in [6, 6.07) is 77.3. The van der Waals surface area contributed by atoms with Gasteiger partial charge in [-0.15, -0.1) is 0 Å². The molecule has 14 rings (SSSR count). The fourth-order valence-electron chi connectivity index (χ4n) is 10.3. The molecular formula is C61H36N4O. The van der Waals surface area contributed by atoms with Crippen molar-refractivity contribution in [2.45, 2.75) is 0 Å². The summed E-state index contributed by atoms with van der Waals surface area (Å²) >= 11 is 0. The number of para-hydroxylation sites is 2. The van der Waals surface area contributed by atoms with E-state index in [1.54, 1.807) is 0 Å². The minimum absolute atomic E-state index is 0.605. The van der Waals surface area contributed by atoms with Crippen LogP contribution in [0.1, 0.15) is 0 Å². The van der Waals surface area contributed by atoms with E-state index in [2.05, 4.69) is 205 Å². The van der Waals surface area contributed by atoms with E-state index in [9.17, 15) is 0 Å². The summed E-state index contributed by atoms with van der Waals surface area (Å²) in [4.78, 5) is 15.8. The molecule has 0 aliphatic heterocycles. The van der Waals surface area contributed by atoms with Gasteiger partial charge in [0.05, 0.1) is 21.9 Å². The average molecular weight is 841 g/mol. The number of hydrogen-bond acceptors (Lipinski definition) is 4. The number of nitrogens with zero attached hydrogens (tertiary/aromatic N) is 4. The second kappa shape index (κ2) is 14.3. The Morgan fingerprint density at radius 2 is 0.879 bits per heavy atom. The highest BCUT2D eigenvalue weighted by atomic mass is 16.3. The lowest BCUT2D eigenvalue weighted by Gasteiger charge is -2.14. The molecule has 306 valence electrons. The van der Waals surface area contributed by atoms with Gasteiger partial charge in [0, 0.05) is 43.8 Å². The van der Waals surface area contributed by atoms with Crippen molar-refractivity contribution in [1.29, 1.82) is 0 Å². The topological polar surface area (TPSA) is 56.2 Å². The molecule has 0 spiro atoms. The zero-order valence-corrected chi connectivity index (χ0v) is 35.5. The fourth-order valence-corrected chi connectivity index (χ4v) is 10.3. The molecule has 66 heavy (non-hydrogen) atoms. The summed E-state index contributed by atoms with van der Waals surface area (Å²) in [5.41, 5.74) is 14.6. The third-order valence-electron chi connectivity index (χ3n) is 13.3. The van der Waals surface area contributed by atoms with Gasteiger partial charge in [0.25, 0.3) is 0 Å². The van der Waals surface area contributed by atoms with Crippen LogP contribution in [0.3, 0.4) is 0 Å². The molecule has 0 saturated carbocycles. The molecule has 0 unspecified atom stereocenters. The van der Waals surface area contributed by atoms with Crippen LogP contribution >= 0.6 is 0 Å². The van der Waals surface area contributed by atoms with E-state index in [0.29, 0.717) is 17.5 Å². The first-order valence-corrected chi connectivity index (χ1v) is 22.3. The van der Waals surface area contributed by atoms with E-state index in [4.69, 9.17) is 19.4 Å². The van der Waals surface area contributed by atoms with Crippen LogP contribution in [-0.2, 0) is 0 Å². The third kappa shape index (κ3) is 5.57. The van der Waals surface area contributed by atoms with E-state index in [1.807, 2.05) is 18.2 Å². The number of fused-ring (bicyclic) bond motifs is 7. The van der Waals surface area contributed by atoms with Crippen LogP contribution in [0, 0.1) is 0 Å². The van der Waals surface area contributed by atoms with Gasteiger partial charge in [0.2, 0.25) is 0 Å². The lowest BCUT2D eigenvalue weighted by atomic mass is 9.94. The molecule has 14 aromatic rings. The highest BCUT2D eigenvalue weighted by Gasteiger charge is 2.25. The molecule has 0 bridgehead atoms. The van der Waals surface area contributed by atoms with Crippen molar-refractivity contribution in [2.24, 2.45) is 0 Å². The zero-order chi connectivity index (χ0) is 43.3. The number of rotatable bonds is 6. The van der Waals surface area contributed by atoms with Gasteiger partial charge in [-0.3, -0.25) is 0 Å². The first kappa shape index (κ1) is 36.5. The maximum absolute atomic E-state index is 7.02. The Morgan fingerprint density at radius 3 is 1.58 bits per heavy atom. The minimum Gasteiger partial charge on any atom is -0.455 e. The second-order valence-corrected chi connectivity index (χ2v) is 17.1. The Hall–Kier alpha value is -8.93. The molecule has 4 aromatic heterocycles. The zero-order valence-electron chi connectivity index (χ0n) is 35.5. The second-order valence-electron chi connectivity index (χ2n) is 17.1. The van der Waals surface area contributed by atoms with Gasteiger partial charge in [-0.2, -0.15) is 0 Å². The van der Waals surface area contributed by atoms with Crippen molar-refractivity contribution in [2.75, 3.05) is 0 Å². The molecule has 0 saturated heterocycles. The molecule has 0 amide bonds. The summed E-state index contributed by atoms with van der Waals surface area (Å²) < 4.78 is 9.47. The fraction of sp³-hybridized carbons (Fsp3) is 0. The van der Waals surface area contributed by atoms with Crippen LogP contribution in [-0.4, -0.2) is 19.4 Å². The van der Waals surface area contributed by atoms with Crippen LogP contribution in [0.15, 0.2) is 223 Å². The van der Waals surface area contributed by atoms with E-state index in [1.165, 1.54) is 38.1 Å². The maximum Gasteiger partial charge on any atom is 0.164 e. The maximum atomic E-state index is 7.02. The molecule has 5 heteroatoms. The predicted octanol–water partition coefficient (Wildman–Crippen LogP) is 16.1. The summed E-state index contributed by atoms with van der Waals surface area (Å²) in [6.45, 7) is 0. The van der Waals surface area contributed by atoms with Crippen molar-refractivity contribution in [1.82, 2.24) is 19.4 Å². The summed E-state index contributed by atoms with van der Waals surface area (Å²) in [6.07, 6.45) is 0. The molecule has 0 atom stereocenters. The Labute approximate surface area is 378 Å². The number of aromatic nitrogens is 4. The molecule has 0 aliphatic carbocycles. The van der Waals surface area contributed by atoms with Crippen LogP contribution in [0.5, 0.6) is 0 Å². The van der Waals surface area contributed by atoms with Crippen molar-refractivity contribution < 1.29 is 4.42 Å². The van der Waals surface area contributed by atoms with E-state index < -0.39 is 0 Å². The van der Waals surface area contributed by atoms with Crippen molar-refractivity contribution in [3.8, 4) is 67.5 Å². The lowest BCUT2D eigenvalue weighted by Crippen LogP contribution is -2.01. The third-order valence-corrected chi connectivity index (χ3v) is 13.3. The normalized spacial score (nSPS) is 11.9. The SMILES string of the molecule is c1ccc(-c2cc(-c3ccccc3)cc(-c3nc(-c4ccccc4)nc(-c4cccc5ccc(-c6cc7c8ccccc8n8c9ccccc9c9cccc%10oc6c(c%109)c78)cc45)n3)c2)cc1. The summed E-state index contributed by atoms with van der Waals surface area (Å²) in [7, 11) is 0. The Balaban J connectivity index is 1.02. The highest BCUT2D eigenvalue weighted by molar-refractivity contribution is 6.33. The van der Waals surface area contributed by atoms with Gasteiger partial charge >= 0.3 is 0 Å². The molecular weight excluding hydrogens is 805 g/mol. The van der Waals surface area contributed by atoms with Gasteiger partial charge in [-0.25, -0.2) is 15.0 Å². The molecule has 0 radical (unpaired) electrons. The van der Waals surface area contributed by atoms with Crippen LogP contribution in [0.4, 0.5) is 0 Å². The number of benzene rings is 10. The molecule has 5 nitrogen and oxygen atoms in total. The smallest absolute Gasteiger partial charge is 0.164 e. The number of hydrogen-bond donors (Lipinski definition) is 0. The summed E-state index contributed by atoms with van der Waals surface area (Å²) in [5, 5.41) is 9.18. The van der Waals surface area contributed by atoms with Gasteiger partial charge < -0.3 is 8.82 Å². The van der Waals surface area contributed by atoms with Crippen LogP contribution in [0.25, 0.3) is 138 Å². The standard InChI is InChI=1S/C61H36N4O/c1-4-16-37(17-5-1)42-32-43(38-18-6-2-7-19-38)34-44(33-42)60-62-59(40-20-8-3-9-21-40)63-61(64-60)48-26-14-22-39-30-31-41(35-49(39)48)50-36-51-46-24-11-13-28-53(46)65-52-27-12-10-23-45(52)47-25-15-29-54-55(47)56(57(51)65)58(50)66-54/h1-36H. The van der Waals surface area contributed by atoms with Crippen molar-refractivity contribution in [3.05, 3.63) is 218 Å². The highest BCUT2D eigenvalue weighted by Crippen LogP contribution is 2.48.